The van der Waals surface area contributed by atoms with Crippen LogP contribution in [0.1, 0.15) is 26.2 Å². The maximum atomic E-state index is 12.2. The average molecular weight is 236 g/mol. The van der Waals surface area contributed by atoms with Crippen molar-refractivity contribution in [3.8, 4) is 0 Å². The minimum atomic E-state index is -1.16. The largest absolute Gasteiger partial charge is 0.298 e. The van der Waals surface area contributed by atoms with Crippen molar-refractivity contribution >= 4 is 16.6 Å². The zero-order chi connectivity index (χ0) is 11.5. The van der Waals surface area contributed by atoms with Gasteiger partial charge < -0.3 is 0 Å². The third-order valence-corrected chi connectivity index (χ3v) is 4.82. The monoisotopic (exact) mass is 236 g/mol. The Bertz CT molecular complexity index is 400. The summed E-state index contributed by atoms with van der Waals surface area (Å²) in [6.07, 6.45) is 2.36. The molecule has 1 aliphatic rings. The summed E-state index contributed by atoms with van der Waals surface area (Å²) in [4.78, 5) is 12.6. The zero-order valence-corrected chi connectivity index (χ0v) is 10.2. The second-order valence-corrected chi connectivity index (χ2v) is 6.09. The van der Waals surface area contributed by atoms with Crippen LogP contribution in [-0.4, -0.2) is 15.2 Å². The highest BCUT2D eigenvalue weighted by molar-refractivity contribution is 7.86. The van der Waals surface area contributed by atoms with Gasteiger partial charge in [-0.25, -0.2) is 0 Å². The summed E-state index contributed by atoms with van der Waals surface area (Å²) in [5.41, 5.74) is 0. The molecule has 16 heavy (non-hydrogen) atoms. The van der Waals surface area contributed by atoms with Crippen molar-refractivity contribution < 1.29 is 9.00 Å². The summed E-state index contributed by atoms with van der Waals surface area (Å²) in [7, 11) is -1.16. The average Bonchev–Trinajstić information content (AvgIpc) is 2.29. The topological polar surface area (TPSA) is 34.1 Å². The highest BCUT2D eigenvalue weighted by Gasteiger charge is 2.31. The van der Waals surface area contributed by atoms with Crippen molar-refractivity contribution in [2.45, 2.75) is 36.3 Å². The Morgan fingerprint density at radius 3 is 2.50 bits per heavy atom. The molecule has 0 amide bonds. The second kappa shape index (κ2) is 4.91. The van der Waals surface area contributed by atoms with Crippen LogP contribution in [0, 0.1) is 5.92 Å². The van der Waals surface area contributed by atoms with Crippen LogP contribution in [0.5, 0.6) is 0 Å². The van der Waals surface area contributed by atoms with Gasteiger partial charge in [0.15, 0.2) is 0 Å². The van der Waals surface area contributed by atoms with Crippen LogP contribution in [0.25, 0.3) is 0 Å². The molecule has 0 saturated heterocycles. The minimum absolute atomic E-state index is 0.168. The standard InChI is InChI=1S/C13H16O2S/c1-10-7-8-13(12(14)9-10)16(15)11-5-3-2-4-6-11/h2-6,10,13H,7-9H2,1H3/t10-,13?,16?/m1/s1. The molecule has 1 aromatic rings. The molecule has 1 aliphatic carbocycles. The fourth-order valence-electron chi connectivity index (χ4n) is 2.12. The van der Waals surface area contributed by atoms with Crippen molar-refractivity contribution in [3.63, 3.8) is 0 Å². The van der Waals surface area contributed by atoms with Crippen molar-refractivity contribution in [1.29, 1.82) is 0 Å². The number of hydrogen-bond donors (Lipinski definition) is 0. The van der Waals surface area contributed by atoms with Gasteiger partial charge in [0, 0.05) is 11.3 Å². The Labute approximate surface area is 98.5 Å². The van der Waals surface area contributed by atoms with Crippen LogP contribution in [0.3, 0.4) is 0 Å². The quantitative estimate of drug-likeness (QED) is 0.791. The molecule has 0 aliphatic heterocycles. The molecular weight excluding hydrogens is 220 g/mol. The van der Waals surface area contributed by atoms with E-state index in [1.807, 2.05) is 30.3 Å². The van der Waals surface area contributed by atoms with E-state index in [1.54, 1.807) is 0 Å². The van der Waals surface area contributed by atoms with Gasteiger partial charge in [0.05, 0.1) is 16.0 Å². The first-order chi connectivity index (χ1) is 7.68. The van der Waals surface area contributed by atoms with Crippen LogP contribution < -0.4 is 0 Å². The number of hydrogen-bond acceptors (Lipinski definition) is 2. The van der Waals surface area contributed by atoms with Gasteiger partial charge in [-0.3, -0.25) is 9.00 Å². The van der Waals surface area contributed by atoms with Gasteiger partial charge in [0.2, 0.25) is 0 Å². The number of rotatable bonds is 2. The summed E-state index contributed by atoms with van der Waals surface area (Å²) in [6.45, 7) is 2.08. The van der Waals surface area contributed by atoms with Crippen LogP contribution >= 0.6 is 0 Å². The lowest BCUT2D eigenvalue weighted by Crippen LogP contribution is -2.32. The van der Waals surface area contributed by atoms with E-state index in [2.05, 4.69) is 6.92 Å². The van der Waals surface area contributed by atoms with Crippen molar-refractivity contribution in [1.82, 2.24) is 0 Å². The molecule has 0 spiro atoms. The maximum Gasteiger partial charge on any atom is 0.149 e. The number of ketones is 1. The molecule has 1 saturated carbocycles. The van der Waals surface area contributed by atoms with E-state index in [9.17, 15) is 9.00 Å². The third-order valence-electron chi connectivity index (χ3n) is 3.06. The number of benzene rings is 1. The van der Waals surface area contributed by atoms with E-state index in [4.69, 9.17) is 0 Å². The van der Waals surface area contributed by atoms with E-state index in [0.29, 0.717) is 12.3 Å². The van der Waals surface area contributed by atoms with Crippen LogP contribution in [0.15, 0.2) is 35.2 Å². The van der Waals surface area contributed by atoms with E-state index in [0.717, 1.165) is 17.7 Å². The molecule has 2 nitrogen and oxygen atoms in total. The van der Waals surface area contributed by atoms with Gasteiger partial charge in [-0.2, -0.15) is 0 Å². The molecule has 3 heteroatoms. The highest BCUT2D eigenvalue weighted by atomic mass is 32.2. The van der Waals surface area contributed by atoms with Gasteiger partial charge in [-0.1, -0.05) is 25.1 Å². The number of carbonyl (C=O) groups excluding carboxylic acids is 1. The lowest BCUT2D eigenvalue weighted by molar-refractivity contribution is -0.120. The van der Waals surface area contributed by atoms with E-state index in [1.165, 1.54) is 0 Å². The molecule has 86 valence electrons. The predicted octanol–water partition coefficient (Wildman–Crippen LogP) is 2.55. The Hall–Kier alpha value is -0.960. The Morgan fingerprint density at radius 2 is 1.88 bits per heavy atom. The van der Waals surface area contributed by atoms with Crippen molar-refractivity contribution in [3.05, 3.63) is 30.3 Å². The zero-order valence-electron chi connectivity index (χ0n) is 9.39. The molecule has 0 N–H and O–H groups in total. The lowest BCUT2D eigenvalue weighted by atomic mass is 9.89. The molecule has 0 aromatic heterocycles. The summed E-state index contributed by atoms with van der Waals surface area (Å²) in [6, 6.07) is 9.29. The molecule has 3 atom stereocenters. The van der Waals surface area contributed by atoms with Gasteiger partial charge in [-0.05, 0) is 30.9 Å². The molecule has 0 heterocycles. The molecule has 0 radical (unpaired) electrons. The Kier molecular flexibility index (Phi) is 3.54. The summed E-state index contributed by atoms with van der Waals surface area (Å²) >= 11 is 0. The fourth-order valence-corrected chi connectivity index (χ4v) is 3.56. The number of carbonyl (C=O) groups is 1. The van der Waals surface area contributed by atoms with E-state index in [-0.39, 0.29) is 11.0 Å². The minimum Gasteiger partial charge on any atom is -0.298 e. The molecule has 2 rings (SSSR count). The van der Waals surface area contributed by atoms with Gasteiger partial charge >= 0.3 is 0 Å². The van der Waals surface area contributed by atoms with Crippen LogP contribution in [0.2, 0.25) is 0 Å². The summed E-state index contributed by atoms with van der Waals surface area (Å²) < 4.78 is 12.2. The first kappa shape index (κ1) is 11.5. The SMILES string of the molecule is C[C@@H]1CCC(S(=O)c2ccccc2)C(=O)C1. The fraction of sp³-hybridized carbons (Fsp3) is 0.462. The first-order valence-corrected chi connectivity index (χ1v) is 6.88. The smallest absolute Gasteiger partial charge is 0.149 e. The lowest BCUT2D eigenvalue weighted by Gasteiger charge is -2.24. The summed E-state index contributed by atoms with van der Waals surface area (Å²) in [5.74, 6) is 0.623. The molecular formula is C13H16O2S. The highest BCUT2D eigenvalue weighted by Crippen LogP contribution is 2.26. The maximum absolute atomic E-state index is 12.2. The molecule has 2 unspecified atom stereocenters. The van der Waals surface area contributed by atoms with Gasteiger partial charge in [0.25, 0.3) is 0 Å². The van der Waals surface area contributed by atoms with Crippen molar-refractivity contribution in [2.75, 3.05) is 0 Å². The van der Waals surface area contributed by atoms with Crippen LogP contribution in [0.4, 0.5) is 0 Å². The second-order valence-electron chi connectivity index (χ2n) is 4.45. The number of Topliss-reactive ketones (excluding diaryl/α,β-unsaturated/α-hetero) is 1. The van der Waals surface area contributed by atoms with Crippen LogP contribution in [-0.2, 0) is 15.6 Å². The molecule has 1 fully saturated rings. The summed E-state index contributed by atoms with van der Waals surface area (Å²) in [5, 5.41) is -0.279. The van der Waals surface area contributed by atoms with Crippen molar-refractivity contribution in [2.24, 2.45) is 5.92 Å². The Balaban J connectivity index is 2.14. The third kappa shape index (κ3) is 2.40. The molecule has 1 aromatic carbocycles. The predicted molar refractivity (Wildman–Crippen MR) is 64.7 cm³/mol. The van der Waals surface area contributed by atoms with Gasteiger partial charge in [-0.15, -0.1) is 0 Å². The van der Waals surface area contributed by atoms with Gasteiger partial charge in [0.1, 0.15) is 5.78 Å². The molecule has 0 bridgehead atoms. The normalized spacial score (nSPS) is 27.7. The Morgan fingerprint density at radius 1 is 1.19 bits per heavy atom. The van der Waals surface area contributed by atoms with E-state index >= 15 is 0 Å². The van der Waals surface area contributed by atoms with E-state index < -0.39 is 10.8 Å². The first-order valence-electron chi connectivity index (χ1n) is 5.67.